The first-order valence-corrected chi connectivity index (χ1v) is 3.41. The number of allylic oxidation sites excluding steroid dienone is 3. The zero-order valence-corrected chi connectivity index (χ0v) is 6.88. The Kier molecular flexibility index (Phi) is 6.43. The van der Waals surface area contributed by atoms with E-state index < -0.39 is 0 Å². The molecule has 0 aliphatic rings. The van der Waals surface area contributed by atoms with Crippen LogP contribution in [-0.4, -0.2) is 20.3 Å². The van der Waals surface area contributed by atoms with Gasteiger partial charge in [-0.2, -0.15) is 0 Å². The van der Waals surface area contributed by atoms with E-state index in [0.29, 0.717) is 19.0 Å². The molecule has 0 aromatic heterocycles. The van der Waals surface area contributed by atoms with E-state index >= 15 is 0 Å². The second-order valence-electron chi connectivity index (χ2n) is 1.90. The van der Waals surface area contributed by atoms with Crippen molar-refractivity contribution in [3.05, 3.63) is 37.1 Å². The quantitative estimate of drug-likeness (QED) is 0.330. The van der Waals surface area contributed by atoms with Crippen molar-refractivity contribution in [2.75, 3.05) is 20.3 Å². The maximum Gasteiger partial charge on any atom is 0.112 e. The van der Waals surface area contributed by atoms with Gasteiger partial charge in [0.25, 0.3) is 0 Å². The molecule has 0 rings (SSSR count). The second kappa shape index (κ2) is 7.09. The summed E-state index contributed by atoms with van der Waals surface area (Å²) in [5.74, 6) is 0.627. The van der Waals surface area contributed by atoms with Crippen LogP contribution in [0.5, 0.6) is 0 Å². The minimum atomic E-state index is 0.539. The van der Waals surface area contributed by atoms with Crippen LogP contribution in [0.25, 0.3) is 0 Å². The van der Waals surface area contributed by atoms with Gasteiger partial charge < -0.3 is 9.47 Å². The van der Waals surface area contributed by atoms with Crippen molar-refractivity contribution in [3.8, 4) is 0 Å². The molecule has 11 heavy (non-hydrogen) atoms. The van der Waals surface area contributed by atoms with Crippen LogP contribution in [0.3, 0.4) is 0 Å². The third-order valence-corrected chi connectivity index (χ3v) is 0.993. The summed E-state index contributed by atoms with van der Waals surface area (Å²) in [7, 11) is 1.63. The SMILES string of the molecule is C=C/C=C\C(=C)OCCOC. The molecule has 62 valence electrons. The van der Waals surface area contributed by atoms with Gasteiger partial charge in [-0.15, -0.1) is 0 Å². The van der Waals surface area contributed by atoms with Crippen LogP contribution < -0.4 is 0 Å². The summed E-state index contributed by atoms with van der Waals surface area (Å²) >= 11 is 0. The Morgan fingerprint density at radius 3 is 2.73 bits per heavy atom. The molecule has 0 spiro atoms. The molecule has 2 nitrogen and oxygen atoms in total. The first kappa shape index (κ1) is 9.98. The van der Waals surface area contributed by atoms with Crippen LogP contribution in [0.4, 0.5) is 0 Å². The molecule has 0 unspecified atom stereocenters. The van der Waals surface area contributed by atoms with Gasteiger partial charge in [0.1, 0.15) is 12.4 Å². The second-order valence-corrected chi connectivity index (χ2v) is 1.90. The first-order valence-electron chi connectivity index (χ1n) is 3.41. The fourth-order valence-corrected chi connectivity index (χ4v) is 0.480. The normalized spacial score (nSPS) is 9.91. The Balaban J connectivity index is 3.37. The third-order valence-electron chi connectivity index (χ3n) is 0.993. The molecule has 0 saturated heterocycles. The summed E-state index contributed by atoms with van der Waals surface area (Å²) < 4.78 is 9.92. The molecular weight excluding hydrogens is 140 g/mol. The highest BCUT2D eigenvalue weighted by molar-refractivity contribution is 5.12. The van der Waals surface area contributed by atoms with Crippen molar-refractivity contribution >= 4 is 0 Å². The average Bonchev–Trinajstić information content (AvgIpc) is 2.01. The molecule has 0 aromatic rings. The lowest BCUT2D eigenvalue weighted by Crippen LogP contribution is -1.99. The maximum atomic E-state index is 5.13. The zero-order valence-electron chi connectivity index (χ0n) is 6.88. The molecule has 0 aliphatic carbocycles. The van der Waals surface area contributed by atoms with Gasteiger partial charge in [-0.1, -0.05) is 25.3 Å². The Morgan fingerprint density at radius 1 is 1.45 bits per heavy atom. The number of hydrogen-bond donors (Lipinski definition) is 0. The van der Waals surface area contributed by atoms with Crippen molar-refractivity contribution < 1.29 is 9.47 Å². The highest BCUT2D eigenvalue weighted by Gasteiger charge is 1.86. The molecule has 0 fully saturated rings. The minimum absolute atomic E-state index is 0.539. The number of hydrogen-bond acceptors (Lipinski definition) is 2. The fourth-order valence-electron chi connectivity index (χ4n) is 0.480. The molecular formula is C9H14O2. The van der Waals surface area contributed by atoms with E-state index in [1.807, 2.05) is 0 Å². The third kappa shape index (κ3) is 6.87. The number of ether oxygens (including phenoxy) is 2. The van der Waals surface area contributed by atoms with Crippen LogP contribution in [0.2, 0.25) is 0 Å². The van der Waals surface area contributed by atoms with E-state index in [9.17, 15) is 0 Å². The largest absolute Gasteiger partial charge is 0.492 e. The predicted molar refractivity (Wildman–Crippen MR) is 46.3 cm³/mol. The molecule has 2 heteroatoms. The fraction of sp³-hybridized carbons (Fsp3) is 0.333. The summed E-state index contributed by atoms with van der Waals surface area (Å²) in [6.45, 7) is 8.30. The van der Waals surface area contributed by atoms with Crippen LogP contribution in [0.1, 0.15) is 0 Å². The molecule has 0 saturated carbocycles. The molecule has 0 aliphatic heterocycles. The minimum Gasteiger partial charge on any atom is -0.492 e. The van der Waals surface area contributed by atoms with E-state index in [-0.39, 0.29) is 0 Å². The molecule has 0 heterocycles. The Labute approximate surface area is 67.8 Å². The zero-order chi connectivity index (χ0) is 8.53. The molecule has 0 radical (unpaired) electrons. The lowest BCUT2D eigenvalue weighted by atomic mass is 10.4. The van der Waals surface area contributed by atoms with Gasteiger partial charge in [0.2, 0.25) is 0 Å². The highest BCUT2D eigenvalue weighted by Crippen LogP contribution is 1.94. The monoisotopic (exact) mass is 154 g/mol. The van der Waals surface area contributed by atoms with E-state index in [0.717, 1.165) is 0 Å². The molecule has 0 aromatic carbocycles. The lowest BCUT2D eigenvalue weighted by Gasteiger charge is -2.02. The number of rotatable bonds is 6. The Bertz CT molecular complexity index is 148. The summed E-state index contributed by atoms with van der Waals surface area (Å²) in [6, 6.07) is 0. The first-order chi connectivity index (χ1) is 5.31. The molecule has 0 atom stereocenters. The molecule has 0 bridgehead atoms. The summed E-state index contributed by atoms with van der Waals surface area (Å²) in [5, 5.41) is 0. The van der Waals surface area contributed by atoms with Crippen LogP contribution in [0.15, 0.2) is 37.1 Å². The van der Waals surface area contributed by atoms with Gasteiger partial charge in [0.15, 0.2) is 0 Å². The van der Waals surface area contributed by atoms with Crippen LogP contribution >= 0.6 is 0 Å². The van der Waals surface area contributed by atoms with Gasteiger partial charge in [-0.25, -0.2) is 0 Å². The molecule has 0 N–H and O–H groups in total. The highest BCUT2D eigenvalue weighted by atomic mass is 16.5. The Morgan fingerprint density at radius 2 is 2.18 bits per heavy atom. The summed E-state index contributed by atoms with van der Waals surface area (Å²) in [4.78, 5) is 0. The van der Waals surface area contributed by atoms with Crippen molar-refractivity contribution in [1.29, 1.82) is 0 Å². The standard InChI is InChI=1S/C9H14O2/c1-4-5-6-9(2)11-8-7-10-3/h4-6H,1-2,7-8H2,3H3/b6-5-. The van der Waals surface area contributed by atoms with E-state index in [1.54, 1.807) is 25.3 Å². The van der Waals surface area contributed by atoms with E-state index in [4.69, 9.17) is 9.47 Å². The van der Waals surface area contributed by atoms with Crippen molar-refractivity contribution in [2.45, 2.75) is 0 Å². The van der Waals surface area contributed by atoms with Gasteiger partial charge in [0, 0.05) is 7.11 Å². The van der Waals surface area contributed by atoms with Crippen molar-refractivity contribution in [1.82, 2.24) is 0 Å². The topological polar surface area (TPSA) is 18.5 Å². The molecule has 0 amide bonds. The van der Waals surface area contributed by atoms with Crippen LogP contribution in [0, 0.1) is 0 Å². The number of methoxy groups -OCH3 is 1. The predicted octanol–water partition coefficient (Wildman–Crippen LogP) is 1.91. The summed E-state index contributed by atoms with van der Waals surface area (Å²) in [5.41, 5.74) is 0. The van der Waals surface area contributed by atoms with Crippen LogP contribution in [-0.2, 0) is 9.47 Å². The van der Waals surface area contributed by atoms with Gasteiger partial charge in [-0.05, 0) is 6.08 Å². The van der Waals surface area contributed by atoms with Gasteiger partial charge >= 0.3 is 0 Å². The summed E-state index contributed by atoms with van der Waals surface area (Å²) in [6.07, 6.45) is 5.20. The maximum absolute atomic E-state index is 5.13. The van der Waals surface area contributed by atoms with E-state index in [1.165, 1.54) is 0 Å². The lowest BCUT2D eigenvalue weighted by molar-refractivity contribution is 0.115. The van der Waals surface area contributed by atoms with Gasteiger partial charge in [0.05, 0.1) is 6.61 Å². The van der Waals surface area contributed by atoms with E-state index in [2.05, 4.69) is 13.2 Å². The average molecular weight is 154 g/mol. The van der Waals surface area contributed by atoms with Gasteiger partial charge in [-0.3, -0.25) is 0 Å². The van der Waals surface area contributed by atoms with Crippen molar-refractivity contribution in [2.24, 2.45) is 0 Å². The van der Waals surface area contributed by atoms with Crippen molar-refractivity contribution in [3.63, 3.8) is 0 Å². The smallest absolute Gasteiger partial charge is 0.112 e. The Hall–Kier alpha value is -1.02.